The van der Waals surface area contributed by atoms with Gasteiger partial charge >= 0.3 is 5.69 Å². The van der Waals surface area contributed by atoms with Crippen molar-refractivity contribution >= 4 is 50.9 Å². The molecule has 0 aliphatic heterocycles. The van der Waals surface area contributed by atoms with Crippen molar-refractivity contribution in [1.82, 2.24) is 5.32 Å². The number of anilines is 1. The Labute approximate surface area is 213 Å². The van der Waals surface area contributed by atoms with Crippen LogP contribution in [0.15, 0.2) is 70.8 Å². The predicted octanol–water partition coefficient (Wildman–Crippen LogP) is 4.99. The van der Waals surface area contributed by atoms with Gasteiger partial charge in [-0.05, 0) is 55.0 Å². The number of methoxy groups -OCH3 is 1. The van der Waals surface area contributed by atoms with E-state index < -0.39 is 27.3 Å². The van der Waals surface area contributed by atoms with Crippen LogP contribution in [0.3, 0.4) is 0 Å². The quantitative estimate of drug-likeness (QED) is 0.225. The maximum Gasteiger partial charge on any atom is 0.311 e. The van der Waals surface area contributed by atoms with Gasteiger partial charge in [0.15, 0.2) is 5.75 Å². The standard InChI is InChI=1S/C24H19BrN4O7/c1-14-11-17(8-9-18(14)25)26-24(31)19(12-15-5-3-4-6-20(15)28(32)33)27-23(30)16-7-10-22(36-2)21(13-16)29(34)35/h3-13H,1-2H3,(H,26,31)(H,27,30). The Morgan fingerprint density at radius 1 is 0.972 bits per heavy atom. The van der Waals surface area contributed by atoms with Gasteiger partial charge in [0.1, 0.15) is 5.70 Å². The number of benzene rings is 3. The van der Waals surface area contributed by atoms with Crippen LogP contribution in [0.1, 0.15) is 21.5 Å². The molecule has 36 heavy (non-hydrogen) atoms. The van der Waals surface area contributed by atoms with Gasteiger partial charge in [0.25, 0.3) is 17.5 Å². The average molecular weight is 555 g/mol. The Balaban J connectivity index is 2.01. The second-order valence-electron chi connectivity index (χ2n) is 7.39. The summed E-state index contributed by atoms with van der Waals surface area (Å²) in [6.07, 6.45) is 1.16. The fraction of sp³-hybridized carbons (Fsp3) is 0.0833. The lowest BCUT2D eigenvalue weighted by Gasteiger charge is -2.12. The molecule has 184 valence electrons. The largest absolute Gasteiger partial charge is 0.490 e. The first-order valence-corrected chi connectivity index (χ1v) is 11.1. The molecule has 0 saturated carbocycles. The van der Waals surface area contributed by atoms with Crippen LogP contribution in [0, 0.1) is 27.2 Å². The van der Waals surface area contributed by atoms with Gasteiger partial charge in [0, 0.05) is 27.9 Å². The average Bonchev–Trinajstić information content (AvgIpc) is 2.85. The third kappa shape index (κ3) is 6.10. The molecule has 0 heterocycles. The zero-order chi connectivity index (χ0) is 26.4. The molecule has 0 aliphatic rings. The summed E-state index contributed by atoms with van der Waals surface area (Å²) in [7, 11) is 1.25. The number of nitrogens with zero attached hydrogens (tertiary/aromatic N) is 2. The lowest BCUT2D eigenvalue weighted by molar-refractivity contribution is -0.385. The Bertz CT molecular complexity index is 1400. The number of hydrogen-bond donors (Lipinski definition) is 2. The van der Waals surface area contributed by atoms with E-state index in [9.17, 15) is 29.8 Å². The Morgan fingerprint density at radius 3 is 2.31 bits per heavy atom. The number of nitrogens with one attached hydrogen (secondary N) is 2. The minimum atomic E-state index is -0.840. The first-order valence-electron chi connectivity index (χ1n) is 10.3. The normalized spacial score (nSPS) is 10.9. The molecule has 0 bridgehead atoms. The van der Waals surface area contributed by atoms with E-state index in [-0.39, 0.29) is 28.3 Å². The lowest BCUT2D eigenvalue weighted by atomic mass is 10.1. The van der Waals surface area contributed by atoms with E-state index in [1.807, 2.05) is 6.92 Å². The predicted molar refractivity (Wildman–Crippen MR) is 136 cm³/mol. The highest BCUT2D eigenvalue weighted by atomic mass is 79.9. The van der Waals surface area contributed by atoms with Crippen molar-refractivity contribution in [2.24, 2.45) is 0 Å². The maximum atomic E-state index is 13.1. The van der Waals surface area contributed by atoms with Gasteiger partial charge in [-0.3, -0.25) is 29.8 Å². The molecular formula is C24H19BrN4O7. The van der Waals surface area contributed by atoms with Crippen molar-refractivity contribution in [3.8, 4) is 5.75 Å². The highest BCUT2D eigenvalue weighted by Gasteiger charge is 2.22. The van der Waals surface area contributed by atoms with Crippen molar-refractivity contribution in [2.45, 2.75) is 6.92 Å². The summed E-state index contributed by atoms with van der Waals surface area (Å²) in [5.74, 6) is -1.64. The first kappa shape index (κ1) is 26.0. The Hall–Kier alpha value is -4.58. The van der Waals surface area contributed by atoms with Crippen molar-refractivity contribution < 1.29 is 24.2 Å². The maximum absolute atomic E-state index is 13.1. The van der Waals surface area contributed by atoms with E-state index in [1.54, 1.807) is 24.3 Å². The lowest BCUT2D eigenvalue weighted by Crippen LogP contribution is -2.30. The monoisotopic (exact) mass is 554 g/mol. The van der Waals surface area contributed by atoms with Crippen LogP contribution in [-0.2, 0) is 4.79 Å². The highest BCUT2D eigenvalue weighted by molar-refractivity contribution is 9.10. The van der Waals surface area contributed by atoms with Crippen molar-refractivity contribution in [1.29, 1.82) is 0 Å². The molecule has 0 saturated heterocycles. The molecule has 3 aromatic carbocycles. The van der Waals surface area contributed by atoms with Gasteiger partial charge in [-0.15, -0.1) is 0 Å². The number of para-hydroxylation sites is 1. The summed E-state index contributed by atoms with van der Waals surface area (Å²) in [6, 6.07) is 14.3. The topological polar surface area (TPSA) is 154 Å². The molecular weight excluding hydrogens is 536 g/mol. The fourth-order valence-corrected chi connectivity index (χ4v) is 3.43. The zero-order valence-corrected chi connectivity index (χ0v) is 20.6. The van der Waals surface area contributed by atoms with E-state index in [1.165, 1.54) is 37.4 Å². The number of aryl methyl sites for hydroxylation is 1. The summed E-state index contributed by atoms with van der Waals surface area (Å²) in [6.45, 7) is 1.82. The van der Waals surface area contributed by atoms with Crippen molar-refractivity contribution in [3.05, 3.63) is 108 Å². The SMILES string of the molecule is COc1ccc(C(=O)NC(=Cc2ccccc2[N+](=O)[O-])C(=O)Nc2ccc(Br)c(C)c2)cc1[N+](=O)[O-]. The van der Waals surface area contributed by atoms with E-state index in [0.717, 1.165) is 22.2 Å². The van der Waals surface area contributed by atoms with Gasteiger partial charge in [0.2, 0.25) is 0 Å². The van der Waals surface area contributed by atoms with E-state index >= 15 is 0 Å². The van der Waals surface area contributed by atoms with Crippen molar-refractivity contribution in [2.75, 3.05) is 12.4 Å². The molecule has 3 rings (SSSR count). The molecule has 0 aliphatic carbocycles. The molecule has 2 N–H and O–H groups in total. The number of nitro groups is 2. The summed E-state index contributed by atoms with van der Waals surface area (Å²) >= 11 is 3.37. The van der Waals surface area contributed by atoms with Crippen LogP contribution >= 0.6 is 15.9 Å². The summed E-state index contributed by atoms with van der Waals surface area (Å²) in [5, 5.41) is 27.8. The summed E-state index contributed by atoms with van der Waals surface area (Å²) in [4.78, 5) is 47.5. The number of rotatable bonds is 8. The van der Waals surface area contributed by atoms with Crippen LogP contribution in [0.5, 0.6) is 5.75 Å². The van der Waals surface area contributed by atoms with E-state index in [4.69, 9.17) is 4.74 Å². The molecule has 0 spiro atoms. The number of carbonyl (C=O) groups excluding carboxylic acids is 2. The molecule has 2 amide bonds. The highest BCUT2D eigenvalue weighted by Crippen LogP contribution is 2.28. The number of amides is 2. The number of halogens is 1. The fourth-order valence-electron chi connectivity index (χ4n) is 3.18. The molecule has 3 aromatic rings. The molecule has 0 aromatic heterocycles. The summed E-state index contributed by atoms with van der Waals surface area (Å²) in [5.41, 5.74) is 0.174. The van der Waals surface area contributed by atoms with Gasteiger partial charge in [-0.25, -0.2) is 0 Å². The number of carbonyl (C=O) groups is 2. The number of ether oxygens (including phenoxy) is 1. The molecule has 0 unspecified atom stereocenters. The van der Waals surface area contributed by atoms with Gasteiger partial charge in [0.05, 0.1) is 22.5 Å². The first-order chi connectivity index (χ1) is 17.1. The van der Waals surface area contributed by atoms with Crippen LogP contribution in [-0.4, -0.2) is 28.8 Å². The minimum Gasteiger partial charge on any atom is -0.490 e. The van der Waals surface area contributed by atoms with E-state index in [0.29, 0.717) is 5.69 Å². The van der Waals surface area contributed by atoms with Gasteiger partial charge < -0.3 is 15.4 Å². The molecule has 0 fully saturated rings. The third-order valence-corrected chi connectivity index (χ3v) is 5.87. The number of nitro benzene ring substituents is 2. The second-order valence-corrected chi connectivity index (χ2v) is 8.24. The smallest absolute Gasteiger partial charge is 0.311 e. The van der Waals surface area contributed by atoms with Crippen molar-refractivity contribution in [3.63, 3.8) is 0 Å². The summed E-state index contributed by atoms with van der Waals surface area (Å²) < 4.78 is 5.77. The van der Waals surface area contributed by atoms with Crippen LogP contribution in [0.2, 0.25) is 0 Å². The minimum absolute atomic E-state index is 0.0458. The van der Waals surface area contributed by atoms with Gasteiger partial charge in [-0.2, -0.15) is 0 Å². The van der Waals surface area contributed by atoms with Gasteiger partial charge in [-0.1, -0.05) is 28.1 Å². The van der Waals surface area contributed by atoms with Crippen LogP contribution < -0.4 is 15.4 Å². The van der Waals surface area contributed by atoms with Crippen LogP contribution in [0.25, 0.3) is 6.08 Å². The molecule has 11 nitrogen and oxygen atoms in total. The third-order valence-electron chi connectivity index (χ3n) is 4.98. The van der Waals surface area contributed by atoms with E-state index in [2.05, 4.69) is 26.6 Å². The molecule has 12 heteroatoms. The Morgan fingerprint density at radius 2 is 1.67 bits per heavy atom. The second kappa shape index (κ2) is 11.2. The molecule has 0 atom stereocenters. The zero-order valence-electron chi connectivity index (χ0n) is 19.0. The Kier molecular flexibility index (Phi) is 8.12. The molecule has 0 radical (unpaired) electrons. The number of hydrogen-bond acceptors (Lipinski definition) is 7. The van der Waals surface area contributed by atoms with Crippen LogP contribution in [0.4, 0.5) is 17.1 Å².